The molecule has 4 rings (SSSR count). The predicted octanol–water partition coefficient (Wildman–Crippen LogP) is 2.19. The lowest BCUT2D eigenvalue weighted by atomic mass is 10.1. The molecule has 128 valence electrons. The summed E-state index contributed by atoms with van der Waals surface area (Å²) in [6, 6.07) is 5.72. The predicted molar refractivity (Wildman–Crippen MR) is 88.1 cm³/mol. The van der Waals surface area contributed by atoms with Crippen LogP contribution in [0.4, 0.5) is 5.69 Å². The number of carbonyl (C=O) groups is 2. The molecule has 0 spiro atoms. The molecule has 2 heterocycles. The van der Waals surface area contributed by atoms with Gasteiger partial charge in [-0.15, -0.1) is 0 Å². The van der Waals surface area contributed by atoms with Crippen molar-refractivity contribution >= 4 is 17.5 Å². The summed E-state index contributed by atoms with van der Waals surface area (Å²) in [5.74, 6) is 1.09. The maximum absolute atomic E-state index is 12.5. The van der Waals surface area contributed by atoms with Gasteiger partial charge >= 0.3 is 0 Å². The minimum atomic E-state index is -0.272. The van der Waals surface area contributed by atoms with Gasteiger partial charge < -0.3 is 19.7 Å². The van der Waals surface area contributed by atoms with Crippen molar-refractivity contribution in [2.45, 2.75) is 38.1 Å². The Morgan fingerprint density at radius 2 is 1.88 bits per heavy atom. The van der Waals surface area contributed by atoms with Gasteiger partial charge in [0.15, 0.2) is 11.5 Å². The fourth-order valence-corrected chi connectivity index (χ4v) is 3.84. The Hall–Kier alpha value is -2.24. The number of amides is 2. The minimum Gasteiger partial charge on any atom is -0.486 e. The van der Waals surface area contributed by atoms with Gasteiger partial charge in [-0.25, -0.2) is 0 Å². The number of likely N-dealkylation sites (tertiary alicyclic amines) is 1. The zero-order valence-electron chi connectivity index (χ0n) is 13.6. The Morgan fingerprint density at radius 1 is 1.12 bits per heavy atom. The Balaban J connectivity index is 1.40. The number of ether oxygens (including phenoxy) is 2. The van der Waals surface area contributed by atoms with Crippen LogP contribution < -0.4 is 14.8 Å². The molecule has 0 radical (unpaired) electrons. The number of benzene rings is 1. The van der Waals surface area contributed by atoms with E-state index in [4.69, 9.17) is 9.47 Å². The molecule has 1 aliphatic carbocycles. The number of nitrogens with one attached hydrogen (secondary N) is 1. The lowest BCUT2D eigenvalue weighted by Gasteiger charge is -2.24. The maximum Gasteiger partial charge on any atom is 0.229 e. The standard InChI is InChI=1S/C18H22N2O4/c21-17-9-12(11-20(17)14-3-1-2-4-14)18(22)19-13-5-6-15-16(10-13)24-8-7-23-15/h5-6,10,12,14H,1-4,7-9,11H2,(H,19,22)/t12-/m1/s1. The van der Waals surface area contributed by atoms with E-state index in [9.17, 15) is 9.59 Å². The van der Waals surface area contributed by atoms with Crippen molar-refractivity contribution < 1.29 is 19.1 Å². The highest BCUT2D eigenvalue weighted by atomic mass is 16.6. The first-order valence-corrected chi connectivity index (χ1v) is 8.71. The third-order valence-corrected chi connectivity index (χ3v) is 5.10. The van der Waals surface area contributed by atoms with Gasteiger partial charge in [0, 0.05) is 30.8 Å². The third kappa shape index (κ3) is 2.92. The fourth-order valence-electron chi connectivity index (χ4n) is 3.84. The monoisotopic (exact) mass is 330 g/mol. The lowest BCUT2D eigenvalue weighted by molar-refractivity contribution is -0.129. The molecule has 1 N–H and O–H groups in total. The van der Waals surface area contributed by atoms with Gasteiger partial charge in [0.05, 0.1) is 5.92 Å². The van der Waals surface area contributed by atoms with Crippen LogP contribution in [-0.4, -0.2) is 42.5 Å². The number of rotatable bonds is 3. The molecule has 0 bridgehead atoms. The summed E-state index contributed by atoms with van der Waals surface area (Å²) < 4.78 is 11.0. The topological polar surface area (TPSA) is 67.9 Å². The summed E-state index contributed by atoms with van der Waals surface area (Å²) in [4.78, 5) is 26.7. The summed E-state index contributed by atoms with van der Waals surface area (Å²) >= 11 is 0. The Labute approximate surface area is 141 Å². The average molecular weight is 330 g/mol. The van der Waals surface area contributed by atoms with E-state index in [2.05, 4.69) is 5.32 Å². The van der Waals surface area contributed by atoms with Crippen LogP contribution in [0.3, 0.4) is 0 Å². The zero-order valence-corrected chi connectivity index (χ0v) is 13.6. The van der Waals surface area contributed by atoms with Crippen LogP contribution in [0.2, 0.25) is 0 Å². The summed E-state index contributed by atoms with van der Waals surface area (Å²) in [6.07, 6.45) is 4.82. The van der Waals surface area contributed by atoms with Gasteiger partial charge in [0.2, 0.25) is 11.8 Å². The highest BCUT2D eigenvalue weighted by Gasteiger charge is 2.38. The smallest absolute Gasteiger partial charge is 0.229 e. The van der Waals surface area contributed by atoms with E-state index < -0.39 is 0 Å². The first-order chi connectivity index (χ1) is 11.7. The number of anilines is 1. The molecule has 1 saturated carbocycles. The van der Waals surface area contributed by atoms with Crippen molar-refractivity contribution in [3.63, 3.8) is 0 Å². The molecule has 6 nitrogen and oxygen atoms in total. The molecule has 2 amide bonds. The van der Waals surface area contributed by atoms with Crippen molar-refractivity contribution in [2.75, 3.05) is 25.1 Å². The van der Waals surface area contributed by atoms with E-state index in [1.165, 1.54) is 12.8 Å². The zero-order chi connectivity index (χ0) is 16.5. The molecule has 3 aliphatic rings. The van der Waals surface area contributed by atoms with E-state index >= 15 is 0 Å². The van der Waals surface area contributed by atoms with Gasteiger partial charge in [-0.3, -0.25) is 9.59 Å². The summed E-state index contributed by atoms with van der Waals surface area (Å²) in [5.41, 5.74) is 0.677. The van der Waals surface area contributed by atoms with Crippen LogP contribution in [0.1, 0.15) is 32.1 Å². The van der Waals surface area contributed by atoms with Crippen molar-refractivity contribution in [3.8, 4) is 11.5 Å². The van der Waals surface area contributed by atoms with Crippen LogP contribution in [0.15, 0.2) is 18.2 Å². The van der Waals surface area contributed by atoms with Gasteiger partial charge in [-0.1, -0.05) is 12.8 Å². The summed E-state index contributed by atoms with van der Waals surface area (Å²) in [6.45, 7) is 1.59. The molecule has 1 aromatic carbocycles. The lowest BCUT2D eigenvalue weighted by Crippen LogP contribution is -2.35. The number of hydrogen-bond donors (Lipinski definition) is 1. The quantitative estimate of drug-likeness (QED) is 0.922. The third-order valence-electron chi connectivity index (χ3n) is 5.10. The van der Waals surface area contributed by atoms with E-state index in [1.54, 1.807) is 18.2 Å². The summed E-state index contributed by atoms with van der Waals surface area (Å²) in [7, 11) is 0. The second-order valence-electron chi connectivity index (χ2n) is 6.73. The van der Waals surface area contributed by atoms with E-state index in [-0.39, 0.29) is 17.7 Å². The van der Waals surface area contributed by atoms with Crippen molar-refractivity contribution in [3.05, 3.63) is 18.2 Å². The second kappa shape index (κ2) is 6.34. The van der Waals surface area contributed by atoms with Gasteiger partial charge in [0.1, 0.15) is 13.2 Å². The molecule has 24 heavy (non-hydrogen) atoms. The van der Waals surface area contributed by atoms with Crippen LogP contribution in [0, 0.1) is 5.92 Å². The van der Waals surface area contributed by atoms with Crippen LogP contribution in [0.25, 0.3) is 0 Å². The Bertz CT molecular complexity index is 654. The van der Waals surface area contributed by atoms with Crippen LogP contribution in [0.5, 0.6) is 11.5 Å². The highest BCUT2D eigenvalue weighted by molar-refractivity contribution is 5.97. The van der Waals surface area contributed by atoms with Gasteiger partial charge in [-0.2, -0.15) is 0 Å². The van der Waals surface area contributed by atoms with Gasteiger partial charge in [-0.05, 0) is 25.0 Å². The first kappa shape index (κ1) is 15.3. The first-order valence-electron chi connectivity index (χ1n) is 8.71. The van der Waals surface area contributed by atoms with Gasteiger partial charge in [0.25, 0.3) is 0 Å². The molecule has 1 aromatic rings. The number of hydrogen-bond acceptors (Lipinski definition) is 4. The Morgan fingerprint density at radius 3 is 2.67 bits per heavy atom. The normalized spacial score (nSPS) is 23.6. The molecule has 1 saturated heterocycles. The highest BCUT2D eigenvalue weighted by Crippen LogP contribution is 2.33. The van der Waals surface area contributed by atoms with Crippen molar-refractivity contribution in [2.24, 2.45) is 5.92 Å². The average Bonchev–Trinajstić information content (AvgIpc) is 3.24. The van der Waals surface area contributed by atoms with E-state index in [1.807, 2.05) is 4.90 Å². The minimum absolute atomic E-state index is 0.0967. The fraction of sp³-hybridized carbons (Fsp3) is 0.556. The maximum atomic E-state index is 12.5. The van der Waals surface area contributed by atoms with Crippen LogP contribution in [-0.2, 0) is 9.59 Å². The second-order valence-corrected chi connectivity index (χ2v) is 6.73. The molecule has 2 aliphatic heterocycles. The molecule has 0 unspecified atom stereocenters. The molecule has 2 fully saturated rings. The SMILES string of the molecule is O=C(Nc1ccc2c(c1)OCCO2)[C@@H]1CC(=O)N(C2CCCC2)C1. The molecular weight excluding hydrogens is 308 g/mol. The molecule has 0 aromatic heterocycles. The number of fused-ring (bicyclic) bond motifs is 1. The largest absolute Gasteiger partial charge is 0.486 e. The molecule has 6 heteroatoms. The number of nitrogens with zero attached hydrogens (tertiary/aromatic N) is 1. The van der Waals surface area contributed by atoms with E-state index in [0.29, 0.717) is 49.4 Å². The van der Waals surface area contributed by atoms with Crippen molar-refractivity contribution in [1.29, 1.82) is 0 Å². The molecule has 1 atom stereocenters. The summed E-state index contributed by atoms with van der Waals surface area (Å²) in [5, 5.41) is 2.91. The van der Waals surface area contributed by atoms with E-state index in [0.717, 1.165) is 12.8 Å². The Kier molecular flexibility index (Phi) is 4.04. The van der Waals surface area contributed by atoms with Crippen molar-refractivity contribution in [1.82, 2.24) is 4.90 Å². The van der Waals surface area contributed by atoms with Crippen LogP contribution >= 0.6 is 0 Å². The molecular formula is C18H22N2O4. The number of carbonyl (C=O) groups excluding carboxylic acids is 2.